The highest BCUT2D eigenvalue weighted by atomic mass is 16.5. The Hall–Kier alpha value is -0.820. The standard InChI is InChI=1S/C17H28O/c1-3-4-10-16-12-9-13-17(15-16)11-7-5-6-8-14-18-2/h9,12-13,15H,3-8,10-11,14H2,1-2H3. The van der Waals surface area contributed by atoms with Gasteiger partial charge in [0.1, 0.15) is 0 Å². The molecule has 1 aromatic rings. The van der Waals surface area contributed by atoms with Crippen molar-refractivity contribution in [2.75, 3.05) is 13.7 Å². The molecule has 102 valence electrons. The molecular weight excluding hydrogens is 220 g/mol. The van der Waals surface area contributed by atoms with E-state index in [4.69, 9.17) is 4.74 Å². The van der Waals surface area contributed by atoms with Crippen LogP contribution in [0, 0.1) is 0 Å². The van der Waals surface area contributed by atoms with Crippen molar-refractivity contribution in [1.82, 2.24) is 0 Å². The summed E-state index contributed by atoms with van der Waals surface area (Å²) in [5.74, 6) is 0. The lowest BCUT2D eigenvalue weighted by atomic mass is 10.0. The molecule has 0 bridgehead atoms. The van der Waals surface area contributed by atoms with Gasteiger partial charge >= 0.3 is 0 Å². The summed E-state index contributed by atoms with van der Waals surface area (Å²) in [5, 5.41) is 0. The summed E-state index contributed by atoms with van der Waals surface area (Å²) in [5.41, 5.74) is 3.02. The number of methoxy groups -OCH3 is 1. The molecule has 0 spiro atoms. The molecule has 18 heavy (non-hydrogen) atoms. The molecule has 1 nitrogen and oxygen atoms in total. The number of unbranched alkanes of at least 4 members (excludes halogenated alkanes) is 4. The van der Waals surface area contributed by atoms with Gasteiger partial charge in [-0.05, 0) is 43.2 Å². The van der Waals surface area contributed by atoms with Crippen LogP contribution < -0.4 is 0 Å². The Morgan fingerprint density at radius 1 is 0.889 bits per heavy atom. The van der Waals surface area contributed by atoms with Crippen molar-refractivity contribution in [2.45, 2.75) is 58.3 Å². The van der Waals surface area contributed by atoms with Crippen LogP contribution in [0.3, 0.4) is 0 Å². The minimum atomic E-state index is 0.909. The third-order valence-corrected chi connectivity index (χ3v) is 3.37. The van der Waals surface area contributed by atoms with Gasteiger partial charge in [-0.25, -0.2) is 0 Å². The number of ether oxygens (including phenoxy) is 1. The predicted octanol–water partition coefficient (Wildman–Crippen LogP) is 4.78. The lowest BCUT2D eigenvalue weighted by Gasteiger charge is -2.05. The Morgan fingerprint density at radius 2 is 1.56 bits per heavy atom. The Balaban J connectivity index is 2.20. The van der Waals surface area contributed by atoms with Crippen LogP contribution in [0.15, 0.2) is 24.3 Å². The average Bonchev–Trinajstić information content (AvgIpc) is 2.41. The van der Waals surface area contributed by atoms with Crippen LogP contribution in [-0.4, -0.2) is 13.7 Å². The molecule has 0 unspecified atom stereocenters. The van der Waals surface area contributed by atoms with E-state index in [0.717, 1.165) is 6.61 Å². The zero-order valence-corrected chi connectivity index (χ0v) is 12.1. The minimum absolute atomic E-state index is 0.909. The first-order valence-corrected chi connectivity index (χ1v) is 7.43. The maximum atomic E-state index is 5.06. The Kier molecular flexibility index (Phi) is 8.58. The number of hydrogen-bond acceptors (Lipinski definition) is 1. The monoisotopic (exact) mass is 248 g/mol. The van der Waals surface area contributed by atoms with Crippen molar-refractivity contribution >= 4 is 0 Å². The molecule has 1 aromatic carbocycles. The van der Waals surface area contributed by atoms with Gasteiger partial charge in [0, 0.05) is 13.7 Å². The van der Waals surface area contributed by atoms with Crippen LogP contribution in [0.1, 0.15) is 56.6 Å². The molecule has 0 heterocycles. The van der Waals surface area contributed by atoms with Crippen molar-refractivity contribution in [1.29, 1.82) is 0 Å². The summed E-state index contributed by atoms with van der Waals surface area (Å²) in [4.78, 5) is 0. The van der Waals surface area contributed by atoms with Crippen LogP contribution in [0.4, 0.5) is 0 Å². The summed E-state index contributed by atoms with van der Waals surface area (Å²) >= 11 is 0. The molecule has 0 aliphatic rings. The van der Waals surface area contributed by atoms with Crippen LogP contribution >= 0.6 is 0 Å². The van der Waals surface area contributed by atoms with Crippen LogP contribution in [-0.2, 0) is 17.6 Å². The Morgan fingerprint density at radius 3 is 2.22 bits per heavy atom. The molecule has 0 aromatic heterocycles. The Labute approximate surface area is 113 Å². The van der Waals surface area contributed by atoms with Crippen molar-refractivity contribution in [3.8, 4) is 0 Å². The van der Waals surface area contributed by atoms with Gasteiger partial charge in [-0.15, -0.1) is 0 Å². The van der Waals surface area contributed by atoms with E-state index in [-0.39, 0.29) is 0 Å². The number of aryl methyl sites for hydroxylation is 2. The van der Waals surface area contributed by atoms with Gasteiger partial charge < -0.3 is 4.74 Å². The zero-order valence-electron chi connectivity index (χ0n) is 12.1. The summed E-state index contributed by atoms with van der Waals surface area (Å²) in [6.07, 6.45) is 10.2. The lowest BCUT2D eigenvalue weighted by molar-refractivity contribution is 0.192. The third-order valence-electron chi connectivity index (χ3n) is 3.37. The first kappa shape index (κ1) is 15.2. The molecule has 0 aliphatic heterocycles. The van der Waals surface area contributed by atoms with E-state index in [1.165, 1.54) is 62.5 Å². The predicted molar refractivity (Wildman–Crippen MR) is 79.1 cm³/mol. The van der Waals surface area contributed by atoms with Crippen molar-refractivity contribution in [3.05, 3.63) is 35.4 Å². The molecule has 0 saturated heterocycles. The van der Waals surface area contributed by atoms with Gasteiger partial charge in [0.25, 0.3) is 0 Å². The molecule has 1 heteroatoms. The molecule has 1 rings (SSSR count). The second kappa shape index (κ2) is 10.1. The fourth-order valence-corrected chi connectivity index (χ4v) is 2.25. The molecular formula is C17H28O. The second-order valence-corrected chi connectivity index (χ2v) is 5.08. The fourth-order valence-electron chi connectivity index (χ4n) is 2.25. The molecule has 0 atom stereocenters. The van der Waals surface area contributed by atoms with E-state index >= 15 is 0 Å². The summed E-state index contributed by atoms with van der Waals surface area (Å²) in [6, 6.07) is 9.14. The molecule has 0 N–H and O–H groups in total. The van der Waals surface area contributed by atoms with E-state index in [2.05, 4.69) is 31.2 Å². The number of rotatable bonds is 10. The highest BCUT2D eigenvalue weighted by Crippen LogP contribution is 2.12. The van der Waals surface area contributed by atoms with E-state index in [9.17, 15) is 0 Å². The van der Waals surface area contributed by atoms with Crippen molar-refractivity contribution < 1.29 is 4.74 Å². The molecule has 0 saturated carbocycles. The fraction of sp³-hybridized carbons (Fsp3) is 0.647. The molecule has 0 aliphatic carbocycles. The van der Waals surface area contributed by atoms with E-state index in [1.54, 1.807) is 7.11 Å². The normalized spacial score (nSPS) is 10.8. The maximum Gasteiger partial charge on any atom is 0.0462 e. The second-order valence-electron chi connectivity index (χ2n) is 5.08. The van der Waals surface area contributed by atoms with Gasteiger partial charge in [0.15, 0.2) is 0 Å². The van der Waals surface area contributed by atoms with Gasteiger partial charge in [0.2, 0.25) is 0 Å². The molecule has 0 amide bonds. The first-order valence-electron chi connectivity index (χ1n) is 7.43. The third kappa shape index (κ3) is 6.80. The zero-order chi connectivity index (χ0) is 13.1. The minimum Gasteiger partial charge on any atom is -0.385 e. The van der Waals surface area contributed by atoms with Crippen LogP contribution in [0.25, 0.3) is 0 Å². The Bertz CT molecular complexity index is 306. The average molecular weight is 248 g/mol. The SMILES string of the molecule is CCCCc1cccc(CCCCCCOC)c1. The number of hydrogen-bond donors (Lipinski definition) is 0. The van der Waals surface area contributed by atoms with Gasteiger partial charge in [-0.3, -0.25) is 0 Å². The number of benzene rings is 1. The van der Waals surface area contributed by atoms with Crippen molar-refractivity contribution in [3.63, 3.8) is 0 Å². The smallest absolute Gasteiger partial charge is 0.0462 e. The van der Waals surface area contributed by atoms with Crippen molar-refractivity contribution in [2.24, 2.45) is 0 Å². The summed E-state index contributed by atoms with van der Waals surface area (Å²) in [6.45, 7) is 3.16. The topological polar surface area (TPSA) is 9.23 Å². The quantitative estimate of drug-likeness (QED) is 0.541. The van der Waals surface area contributed by atoms with Gasteiger partial charge in [0.05, 0.1) is 0 Å². The molecule has 0 fully saturated rings. The van der Waals surface area contributed by atoms with E-state index in [1.807, 2.05) is 0 Å². The van der Waals surface area contributed by atoms with E-state index in [0.29, 0.717) is 0 Å². The highest BCUT2D eigenvalue weighted by molar-refractivity contribution is 5.23. The maximum absolute atomic E-state index is 5.06. The van der Waals surface area contributed by atoms with Crippen LogP contribution in [0.2, 0.25) is 0 Å². The first-order chi connectivity index (χ1) is 8.86. The lowest BCUT2D eigenvalue weighted by Crippen LogP contribution is -1.91. The van der Waals surface area contributed by atoms with Crippen LogP contribution in [0.5, 0.6) is 0 Å². The van der Waals surface area contributed by atoms with Gasteiger partial charge in [-0.2, -0.15) is 0 Å². The van der Waals surface area contributed by atoms with Gasteiger partial charge in [-0.1, -0.05) is 50.5 Å². The largest absolute Gasteiger partial charge is 0.385 e. The summed E-state index contributed by atoms with van der Waals surface area (Å²) < 4.78 is 5.06. The summed E-state index contributed by atoms with van der Waals surface area (Å²) in [7, 11) is 1.78. The molecule has 0 radical (unpaired) electrons. The van der Waals surface area contributed by atoms with E-state index < -0.39 is 0 Å². The highest BCUT2D eigenvalue weighted by Gasteiger charge is 1.97.